The van der Waals surface area contributed by atoms with E-state index in [2.05, 4.69) is 27.3 Å². The number of nitrogens with zero attached hydrogens (tertiary/aromatic N) is 3. The first-order valence-corrected chi connectivity index (χ1v) is 8.65. The van der Waals surface area contributed by atoms with Gasteiger partial charge in [-0.25, -0.2) is 14.4 Å². The summed E-state index contributed by atoms with van der Waals surface area (Å²) in [6.07, 6.45) is 1.65. The second-order valence-corrected chi connectivity index (χ2v) is 6.84. The van der Waals surface area contributed by atoms with E-state index in [1.54, 1.807) is 22.6 Å². The Hall–Kier alpha value is -2.05. The Kier molecular flexibility index (Phi) is 3.71. The summed E-state index contributed by atoms with van der Waals surface area (Å²) >= 11 is 1.61. The summed E-state index contributed by atoms with van der Waals surface area (Å²) in [5.41, 5.74) is 2.10. The quantitative estimate of drug-likeness (QED) is 0.779. The normalized spacial score (nSPS) is 16.2. The molecule has 118 valence electrons. The standard InChI is InChI=1S/C17H17FN4S/c1-21-6-8-22(9-7-21)16-15-14(10-23-17(15)20-11-19-16)12-2-4-13(18)5-3-12/h2-5,10-11H,6-9H2,1H3/p+1. The Balaban J connectivity index is 1.82. The van der Waals surface area contributed by atoms with Gasteiger partial charge in [0.15, 0.2) is 0 Å². The Morgan fingerprint density at radius 3 is 2.61 bits per heavy atom. The molecule has 4 rings (SSSR count). The van der Waals surface area contributed by atoms with Crippen LogP contribution < -0.4 is 9.80 Å². The van der Waals surface area contributed by atoms with Crippen molar-refractivity contribution in [3.8, 4) is 11.1 Å². The van der Waals surface area contributed by atoms with Gasteiger partial charge in [-0.3, -0.25) is 0 Å². The molecule has 1 fully saturated rings. The number of rotatable bonds is 2. The van der Waals surface area contributed by atoms with Crippen molar-refractivity contribution in [1.29, 1.82) is 0 Å². The van der Waals surface area contributed by atoms with Gasteiger partial charge in [-0.1, -0.05) is 12.1 Å². The molecule has 0 bridgehead atoms. The van der Waals surface area contributed by atoms with Crippen molar-refractivity contribution in [2.45, 2.75) is 0 Å². The molecule has 0 atom stereocenters. The molecule has 0 unspecified atom stereocenters. The van der Waals surface area contributed by atoms with Crippen LogP contribution in [0.25, 0.3) is 21.3 Å². The minimum absolute atomic E-state index is 0.216. The SMILES string of the molecule is C[NH+]1CCN(c2ncnc3scc(-c4ccc(F)cc4)c23)CC1. The molecule has 6 heteroatoms. The lowest BCUT2D eigenvalue weighted by Crippen LogP contribution is -3.12. The first kappa shape index (κ1) is 14.5. The number of fused-ring (bicyclic) bond motifs is 1. The van der Waals surface area contributed by atoms with E-state index in [-0.39, 0.29) is 5.82 Å². The number of hydrogen-bond acceptors (Lipinski definition) is 4. The maximum absolute atomic E-state index is 13.2. The van der Waals surface area contributed by atoms with Crippen LogP contribution in [0.3, 0.4) is 0 Å². The van der Waals surface area contributed by atoms with Gasteiger partial charge in [0, 0.05) is 10.9 Å². The van der Waals surface area contributed by atoms with E-state index in [1.807, 2.05) is 12.1 Å². The number of hydrogen-bond donors (Lipinski definition) is 1. The van der Waals surface area contributed by atoms with Gasteiger partial charge in [0.2, 0.25) is 0 Å². The lowest BCUT2D eigenvalue weighted by molar-refractivity contribution is -0.880. The van der Waals surface area contributed by atoms with Crippen molar-refractivity contribution in [3.63, 3.8) is 0 Å². The smallest absolute Gasteiger partial charge is 0.141 e. The Labute approximate surface area is 138 Å². The van der Waals surface area contributed by atoms with E-state index < -0.39 is 0 Å². The van der Waals surface area contributed by atoms with Gasteiger partial charge in [-0.05, 0) is 17.7 Å². The van der Waals surface area contributed by atoms with Crippen LogP contribution in [0.2, 0.25) is 0 Å². The number of aromatic nitrogens is 2. The molecule has 0 spiro atoms. The van der Waals surface area contributed by atoms with Crippen molar-refractivity contribution in [3.05, 3.63) is 41.8 Å². The van der Waals surface area contributed by atoms with Gasteiger partial charge in [0.25, 0.3) is 0 Å². The predicted molar refractivity (Wildman–Crippen MR) is 91.6 cm³/mol. The minimum atomic E-state index is -0.216. The molecule has 0 amide bonds. The number of thiophene rings is 1. The van der Waals surface area contributed by atoms with E-state index >= 15 is 0 Å². The number of piperazine rings is 1. The van der Waals surface area contributed by atoms with E-state index in [0.29, 0.717) is 0 Å². The highest BCUT2D eigenvalue weighted by Crippen LogP contribution is 2.37. The zero-order valence-corrected chi connectivity index (χ0v) is 13.7. The van der Waals surface area contributed by atoms with Crippen molar-refractivity contribution in [2.75, 3.05) is 38.1 Å². The molecule has 2 aromatic heterocycles. The molecule has 3 heterocycles. The third kappa shape index (κ3) is 2.68. The van der Waals surface area contributed by atoms with Crippen LogP contribution in [0.4, 0.5) is 10.2 Å². The highest BCUT2D eigenvalue weighted by atomic mass is 32.1. The third-order valence-electron chi connectivity index (χ3n) is 4.42. The Morgan fingerprint density at radius 1 is 1.13 bits per heavy atom. The highest BCUT2D eigenvalue weighted by Gasteiger charge is 2.22. The Bertz CT molecular complexity index is 822. The van der Waals surface area contributed by atoms with Gasteiger partial charge < -0.3 is 9.80 Å². The molecule has 1 aliphatic heterocycles. The molecular formula is C17H18FN4S+. The maximum atomic E-state index is 13.2. The topological polar surface area (TPSA) is 33.5 Å². The number of halogens is 1. The fourth-order valence-electron chi connectivity index (χ4n) is 3.04. The van der Waals surface area contributed by atoms with Gasteiger partial charge in [0.1, 0.15) is 22.8 Å². The van der Waals surface area contributed by atoms with Crippen LogP contribution in [-0.4, -0.2) is 43.2 Å². The zero-order chi connectivity index (χ0) is 15.8. The van der Waals surface area contributed by atoms with Gasteiger partial charge in [-0.15, -0.1) is 11.3 Å². The maximum Gasteiger partial charge on any atom is 0.141 e. The summed E-state index contributed by atoms with van der Waals surface area (Å²) in [4.78, 5) is 13.9. The summed E-state index contributed by atoms with van der Waals surface area (Å²) in [5, 5.41) is 3.18. The van der Waals surface area contributed by atoms with Crippen LogP contribution in [0, 0.1) is 5.82 Å². The molecule has 0 radical (unpaired) electrons. The van der Waals surface area contributed by atoms with E-state index in [4.69, 9.17) is 0 Å². The molecular weight excluding hydrogens is 311 g/mol. The average molecular weight is 329 g/mol. The molecule has 0 saturated carbocycles. The largest absolute Gasteiger partial charge is 0.345 e. The first-order chi connectivity index (χ1) is 11.2. The van der Waals surface area contributed by atoms with Crippen molar-refractivity contribution >= 4 is 27.4 Å². The van der Waals surface area contributed by atoms with Crippen LogP contribution in [0.5, 0.6) is 0 Å². The molecule has 1 saturated heterocycles. The molecule has 4 nitrogen and oxygen atoms in total. The average Bonchev–Trinajstić information content (AvgIpc) is 3.00. The van der Waals surface area contributed by atoms with Gasteiger partial charge in [-0.2, -0.15) is 0 Å². The molecule has 3 aromatic rings. The second-order valence-electron chi connectivity index (χ2n) is 5.98. The number of likely N-dealkylation sites (N-methyl/N-ethyl adjacent to an activating group) is 1. The third-order valence-corrected chi connectivity index (χ3v) is 5.31. The van der Waals surface area contributed by atoms with E-state index in [9.17, 15) is 4.39 Å². The van der Waals surface area contributed by atoms with E-state index in [1.165, 1.54) is 12.1 Å². The first-order valence-electron chi connectivity index (χ1n) is 7.77. The van der Waals surface area contributed by atoms with Crippen LogP contribution in [0.1, 0.15) is 0 Å². The summed E-state index contributed by atoms with van der Waals surface area (Å²) in [6.45, 7) is 4.22. The van der Waals surface area contributed by atoms with Crippen molar-refractivity contribution in [2.24, 2.45) is 0 Å². The van der Waals surface area contributed by atoms with Gasteiger partial charge in [0.05, 0.1) is 38.6 Å². The molecule has 1 aromatic carbocycles. The minimum Gasteiger partial charge on any atom is -0.345 e. The fourth-order valence-corrected chi connectivity index (χ4v) is 3.95. The van der Waals surface area contributed by atoms with Crippen molar-refractivity contribution in [1.82, 2.24) is 9.97 Å². The monoisotopic (exact) mass is 329 g/mol. The van der Waals surface area contributed by atoms with Crippen LogP contribution >= 0.6 is 11.3 Å². The zero-order valence-electron chi connectivity index (χ0n) is 12.9. The van der Waals surface area contributed by atoms with Gasteiger partial charge >= 0.3 is 0 Å². The lowest BCUT2D eigenvalue weighted by Gasteiger charge is -2.31. The van der Waals surface area contributed by atoms with Crippen LogP contribution in [-0.2, 0) is 0 Å². The lowest BCUT2D eigenvalue weighted by atomic mass is 10.1. The summed E-state index contributed by atoms with van der Waals surface area (Å²) in [6, 6.07) is 6.65. The number of anilines is 1. The summed E-state index contributed by atoms with van der Waals surface area (Å²) in [7, 11) is 2.22. The van der Waals surface area contributed by atoms with E-state index in [0.717, 1.165) is 53.3 Å². The molecule has 1 aliphatic rings. The predicted octanol–water partition coefficient (Wildman–Crippen LogP) is 1.83. The number of quaternary nitrogens is 1. The highest BCUT2D eigenvalue weighted by molar-refractivity contribution is 7.17. The second kappa shape index (κ2) is 5.86. The summed E-state index contributed by atoms with van der Waals surface area (Å²) < 4.78 is 13.2. The number of nitrogens with one attached hydrogen (secondary N) is 1. The van der Waals surface area contributed by atoms with Crippen molar-refractivity contribution < 1.29 is 9.29 Å². The number of benzene rings is 1. The Morgan fingerprint density at radius 2 is 1.87 bits per heavy atom. The molecule has 0 aliphatic carbocycles. The summed E-state index contributed by atoms with van der Waals surface area (Å²) in [5.74, 6) is 0.787. The molecule has 23 heavy (non-hydrogen) atoms. The van der Waals surface area contributed by atoms with Crippen LogP contribution in [0.15, 0.2) is 36.0 Å². The molecule has 1 N–H and O–H groups in total. The fraction of sp³-hybridized carbons (Fsp3) is 0.294.